The highest BCUT2D eigenvalue weighted by atomic mass is 16.6. The van der Waals surface area contributed by atoms with E-state index in [1.54, 1.807) is 24.3 Å². The van der Waals surface area contributed by atoms with E-state index in [2.05, 4.69) is 6.92 Å². The lowest BCUT2D eigenvalue weighted by Crippen LogP contribution is -2.62. The van der Waals surface area contributed by atoms with Crippen molar-refractivity contribution in [1.29, 1.82) is 0 Å². The fourth-order valence-electron chi connectivity index (χ4n) is 6.29. The zero-order chi connectivity index (χ0) is 25.9. The maximum atomic E-state index is 14.1. The third-order valence-corrected chi connectivity index (χ3v) is 8.14. The number of anilines is 1. The van der Waals surface area contributed by atoms with Crippen LogP contribution in [0.25, 0.3) is 10.8 Å². The molecule has 9 nitrogen and oxygen atoms in total. The highest BCUT2D eigenvalue weighted by Gasteiger charge is 2.73. The second kappa shape index (κ2) is 8.57. The molecule has 3 amide bonds. The second-order valence-electron chi connectivity index (χ2n) is 10.2. The molecule has 188 valence electrons. The number of nitrogens with zero attached hydrogens (tertiary/aromatic N) is 4. The van der Waals surface area contributed by atoms with Crippen LogP contribution >= 0.6 is 0 Å². The Kier molecular flexibility index (Phi) is 5.43. The molecule has 0 aromatic heterocycles. The first-order valence-corrected chi connectivity index (χ1v) is 12.6. The van der Waals surface area contributed by atoms with E-state index >= 15 is 0 Å². The van der Waals surface area contributed by atoms with Crippen LogP contribution in [0, 0.1) is 10.1 Å². The molecule has 0 aliphatic carbocycles. The summed E-state index contributed by atoms with van der Waals surface area (Å²) in [5.74, 6) is -0.496. The quantitative estimate of drug-likeness (QED) is 0.158. The van der Waals surface area contributed by atoms with Crippen molar-refractivity contribution in [1.82, 2.24) is 4.90 Å². The second-order valence-corrected chi connectivity index (χ2v) is 10.2. The normalized spacial score (nSPS) is 26.2. The lowest BCUT2D eigenvalue weighted by Gasteiger charge is -2.32. The maximum absolute atomic E-state index is 14.1. The van der Waals surface area contributed by atoms with Gasteiger partial charge in [0.25, 0.3) is 11.6 Å². The van der Waals surface area contributed by atoms with Crippen LogP contribution in [0.2, 0.25) is 0 Å². The summed E-state index contributed by atoms with van der Waals surface area (Å²) >= 11 is 0. The molecule has 1 spiro atoms. The monoisotopic (exact) mass is 499 g/mol. The average molecular weight is 500 g/mol. The van der Waals surface area contributed by atoms with E-state index in [9.17, 15) is 24.5 Å². The molecule has 2 bridgehead atoms. The van der Waals surface area contributed by atoms with Crippen LogP contribution in [0.15, 0.2) is 60.7 Å². The Morgan fingerprint density at radius 2 is 1.76 bits per heavy atom. The van der Waals surface area contributed by atoms with E-state index in [1.807, 2.05) is 29.2 Å². The molecule has 3 aromatic rings. The van der Waals surface area contributed by atoms with Crippen molar-refractivity contribution in [2.24, 2.45) is 0 Å². The first-order chi connectivity index (χ1) is 17.9. The van der Waals surface area contributed by atoms with Gasteiger partial charge in [0.15, 0.2) is 12.1 Å². The van der Waals surface area contributed by atoms with Crippen LogP contribution in [0.5, 0.6) is 0 Å². The predicted octanol–water partition coefficient (Wildman–Crippen LogP) is 4.28. The number of hydrogen-bond donors (Lipinski definition) is 0. The zero-order valence-corrected chi connectivity index (χ0v) is 20.5. The number of benzene rings is 3. The molecule has 0 saturated carbocycles. The number of rotatable bonds is 7. The third-order valence-electron chi connectivity index (χ3n) is 8.14. The summed E-state index contributed by atoms with van der Waals surface area (Å²) in [6, 6.07) is 15.3. The standard InChI is InChI=1S/C28H27N4O5/c1-2-3-6-18-9-11-19(12-10-18)26(33)24-15-29-16-25-27(34)30(28(35)32(24,25)17-29)22-13-14-23(31(36)37)21-8-5-4-7-20(21)22/h4-5,7-14,24-25H,2-3,6,15-17H2,1H3/q+1. The number of nitro benzene ring substituents is 1. The molecule has 0 N–H and O–H groups in total. The SMILES string of the molecule is CCCCc1ccc(C(=O)C2CN3CC4C(=O)N(c5ccc([N+](=O)[O-])c6ccccc56)C(=O)[N+]24C3)cc1. The molecule has 4 unspecified atom stereocenters. The van der Waals surface area contributed by atoms with E-state index in [1.165, 1.54) is 17.7 Å². The van der Waals surface area contributed by atoms with E-state index < -0.39 is 23.0 Å². The Morgan fingerprint density at radius 1 is 1.03 bits per heavy atom. The average Bonchev–Trinajstić information content (AvgIpc) is 3.55. The van der Waals surface area contributed by atoms with Gasteiger partial charge in [0.05, 0.1) is 29.1 Å². The lowest BCUT2D eigenvalue weighted by atomic mass is 9.97. The van der Waals surface area contributed by atoms with E-state index in [0.29, 0.717) is 41.8 Å². The Hall–Kier alpha value is -3.95. The molecule has 6 rings (SSSR count). The van der Waals surface area contributed by atoms with E-state index in [0.717, 1.165) is 24.2 Å². The van der Waals surface area contributed by atoms with Crippen molar-refractivity contribution < 1.29 is 23.8 Å². The predicted molar refractivity (Wildman–Crippen MR) is 137 cm³/mol. The molecule has 9 heteroatoms. The minimum atomic E-state index is -0.675. The summed E-state index contributed by atoms with van der Waals surface area (Å²) in [5.41, 5.74) is 1.95. The molecule has 4 atom stereocenters. The number of ketones is 1. The number of carbonyl (C=O) groups is 3. The highest BCUT2D eigenvalue weighted by Crippen LogP contribution is 2.46. The molecule has 3 aliphatic heterocycles. The number of hydrogen-bond acceptors (Lipinski definition) is 6. The van der Waals surface area contributed by atoms with Crippen LogP contribution in [0.4, 0.5) is 16.2 Å². The number of nitro groups is 1. The number of non-ortho nitro benzene ring substituents is 1. The van der Waals surface area contributed by atoms with Gasteiger partial charge in [0.1, 0.15) is 6.67 Å². The molecule has 0 radical (unpaired) electrons. The number of fused-ring (bicyclic) bond motifs is 2. The Morgan fingerprint density at radius 3 is 2.46 bits per heavy atom. The summed E-state index contributed by atoms with van der Waals surface area (Å²) in [6.45, 7) is 3.27. The molecular weight excluding hydrogens is 472 g/mol. The van der Waals surface area contributed by atoms with Crippen molar-refractivity contribution in [2.75, 3.05) is 24.7 Å². The van der Waals surface area contributed by atoms with E-state index in [-0.39, 0.29) is 21.9 Å². The number of aryl methyl sites for hydroxylation is 1. The van der Waals surface area contributed by atoms with Gasteiger partial charge < -0.3 is 0 Å². The van der Waals surface area contributed by atoms with Crippen LogP contribution in [0.3, 0.4) is 0 Å². The minimum absolute atomic E-state index is 0.0891. The van der Waals surface area contributed by atoms with Crippen molar-refractivity contribution in [3.8, 4) is 0 Å². The molecule has 3 saturated heterocycles. The van der Waals surface area contributed by atoms with Crippen LogP contribution < -0.4 is 4.90 Å². The van der Waals surface area contributed by atoms with Gasteiger partial charge in [-0.2, -0.15) is 4.90 Å². The first-order valence-electron chi connectivity index (χ1n) is 12.6. The fourth-order valence-corrected chi connectivity index (χ4v) is 6.29. The smallest absolute Gasteiger partial charge is 0.287 e. The van der Waals surface area contributed by atoms with E-state index in [4.69, 9.17) is 0 Å². The third kappa shape index (κ3) is 3.34. The minimum Gasteiger partial charge on any atom is -0.287 e. The summed E-state index contributed by atoms with van der Waals surface area (Å²) in [4.78, 5) is 55.8. The number of amides is 3. The summed E-state index contributed by atoms with van der Waals surface area (Å²) < 4.78 is -0.236. The van der Waals surface area contributed by atoms with Crippen molar-refractivity contribution in [3.05, 3.63) is 81.9 Å². The number of quaternary nitrogens is 1. The lowest BCUT2D eigenvalue weighted by molar-refractivity contribution is -0.852. The Labute approximate surface area is 213 Å². The summed E-state index contributed by atoms with van der Waals surface area (Å²) in [5, 5.41) is 12.4. The van der Waals surface area contributed by atoms with Crippen LogP contribution in [0.1, 0.15) is 35.7 Å². The molecule has 3 aromatic carbocycles. The van der Waals surface area contributed by atoms with Gasteiger partial charge in [-0.25, -0.2) is 14.2 Å². The molecule has 37 heavy (non-hydrogen) atoms. The molecular formula is C28H27N4O5+. The van der Waals surface area contributed by atoms with Gasteiger partial charge in [-0.15, -0.1) is 0 Å². The largest absolute Gasteiger partial charge is 0.433 e. The van der Waals surface area contributed by atoms with Gasteiger partial charge in [-0.05, 0) is 30.5 Å². The summed E-state index contributed by atoms with van der Waals surface area (Å²) in [7, 11) is 0. The van der Waals surface area contributed by atoms with Gasteiger partial charge >= 0.3 is 6.03 Å². The Balaban J connectivity index is 1.38. The van der Waals surface area contributed by atoms with Crippen LogP contribution in [-0.2, 0) is 11.2 Å². The van der Waals surface area contributed by atoms with Crippen molar-refractivity contribution in [3.63, 3.8) is 0 Å². The Bertz CT molecular complexity index is 1470. The van der Waals surface area contributed by atoms with Gasteiger partial charge in [0, 0.05) is 17.0 Å². The van der Waals surface area contributed by atoms with Gasteiger partial charge in [-0.3, -0.25) is 19.7 Å². The first kappa shape index (κ1) is 23.4. The van der Waals surface area contributed by atoms with Crippen molar-refractivity contribution in [2.45, 2.75) is 38.3 Å². The molecule has 3 aliphatic rings. The number of piperazine rings is 1. The zero-order valence-electron chi connectivity index (χ0n) is 20.5. The highest BCUT2D eigenvalue weighted by molar-refractivity contribution is 6.23. The summed E-state index contributed by atoms with van der Waals surface area (Å²) in [6.07, 6.45) is 3.13. The van der Waals surface area contributed by atoms with Gasteiger partial charge in [-0.1, -0.05) is 55.8 Å². The number of unbranched alkanes of at least 4 members (excludes halogenated alkanes) is 1. The number of imide groups is 1. The number of urea groups is 1. The van der Waals surface area contributed by atoms with Gasteiger partial charge in [0.2, 0.25) is 5.78 Å². The fraction of sp³-hybridized carbons (Fsp3) is 0.321. The molecule has 3 heterocycles. The molecule has 3 fully saturated rings. The topological polar surface area (TPSA) is 101 Å². The van der Waals surface area contributed by atoms with Crippen LogP contribution in [-0.4, -0.2) is 63.9 Å². The van der Waals surface area contributed by atoms with Crippen molar-refractivity contribution >= 4 is 39.9 Å². The maximum Gasteiger partial charge on any atom is 0.433 e. The number of Topliss-reactive ketones (excluding diaryl/α,β-unsaturated/α-hetero) is 1. The number of carbonyl (C=O) groups excluding carboxylic acids is 3.